The average Bonchev–Trinajstić information content (AvgIpc) is 2.36. The average molecular weight is 287 g/mol. The van der Waals surface area contributed by atoms with E-state index in [9.17, 15) is 22.8 Å². The van der Waals surface area contributed by atoms with Crippen LogP contribution in [0.2, 0.25) is 0 Å². The highest BCUT2D eigenvalue weighted by atomic mass is 19.4. The topological polar surface area (TPSA) is 91.2 Å². The number of alkyl halides is 3. The lowest BCUT2D eigenvalue weighted by atomic mass is 10.3. The fourth-order valence-electron chi connectivity index (χ4n) is 1.13. The van der Waals surface area contributed by atoms with Gasteiger partial charge in [-0.15, -0.1) is 13.2 Å². The van der Waals surface area contributed by atoms with Crippen LogP contribution in [0.3, 0.4) is 0 Å². The van der Waals surface area contributed by atoms with Crippen LogP contribution in [0.1, 0.15) is 0 Å². The van der Waals surface area contributed by atoms with E-state index in [0.29, 0.717) is 0 Å². The number of hydrogen-bond acceptors (Lipinski definition) is 4. The van der Waals surface area contributed by atoms with Gasteiger partial charge in [0, 0.05) is 5.69 Å². The standard InChI is InChI=1S/C11H8F3N3O3/c12-11(13,14)20-8-3-1-7(2-4-8)17-10(19)9(18)16-6-5-15/h1-4H,6H2,(H,16,18)(H,17,19). The molecule has 0 heterocycles. The molecule has 6 nitrogen and oxygen atoms in total. The zero-order valence-corrected chi connectivity index (χ0v) is 9.82. The Morgan fingerprint density at radius 1 is 1.20 bits per heavy atom. The molecule has 1 aromatic carbocycles. The highest BCUT2D eigenvalue weighted by Gasteiger charge is 2.30. The number of amides is 2. The van der Waals surface area contributed by atoms with Crippen LogP contribution in [0, 0.1) is 11.3 Å². The Labute approximate surface area is 111 Å². The van der Waals surface area contributed by atoms with E-state index in [2.05, 4.69) is 10.1 Å². The second kappa shape index (κ2) is 6.42. The summed E-state index contributed by atoms with van der Waals surface area (Å²) in [5.74, 6) is -2.52. The number of nitriles is 1. The zero-order valence-electron chi connectivity index (χ0n) is 9.82. The summed E-state index contributed by atoms with van der Waals surface area (Å²) in [6, 6.07) is 5.85. The molecule has 2 N–H and O–H groups in total. The number of nitrogens with one attached hydrogen (secondary N) is 2. The first-order valence-corrected chi connectivity index (χ1v) is 5.14. The van der Waals surface area contributed by atoms with Gasteiger partial charge in [0.05, 0.1) is 6.07 Å². The van der Waals surface area contributed by atoms with Gasteiger partial charge in [0.15, 0.2) is 0 Å². The van der Waals surface area contributed by atoms with Crippen molar-refractivity contribution < 1.29 is 27.5 Å². The van der Waals surface area contributed by atoms with Gasteiger partial charge in [-0.1, -0.05) is 0 Å². The molecule has 0 aliphatic rings. The predicted octanol–water partition coefficient (Wildman–Crippen LogP) is 1.16. The molecular formula is C11H8F3N3O3. The Balaban J connectivity index is 2.60. The molecule has 0 fully saturated rings. The first-order chi connectivity index (χ1) is 9.31. The molecule has 0 bridgehead atoms. The summed E-state index contributed by atoms with van der Waals surface area (Å²) in [6.07, 6.45) is -4.80. The van der Waals surface area contributed by atoms with E-state index >= 15 is 0 Å². The highest BCUT2D eigenvalue weighted by Crippen LogP contribution is 2.23. The Morgan fingerprint density at radius 3 is 2.30 bits per heavy atom. The maximum absolute atomic E-state index is 11.9. The number of benzene rings is 1. The van der Waals surface area contributed by atoms with Crippen LogP contribution in [0.4, 0.5) is 18.9 Å². The second-order valence-corrected chi connectivity index (χ2v) is 3.37. The fourth-order valence-corrected chi connectivity index (χ4v) is 1.13. The molecule has 0 atom stereocenters. The number of halogens is 3. The van der Waals surface area contributed by atoms with Crippen LogP contribution in [0.15, 0.2) is 24.3 Å². The molecule has 0 unspecified atom stereocenters. The summed E-state index contributed by atoms with van der Waals surface area (Å²) < 4.78 is 39.3. The van der Waals surface area contributed by atoms with Crippen molar-refractivity contribution in [2.45, 2.75) is 6.36 Å². The number of nitrogens with zero attached hydrogens (tertiary/aromatic N) is 1. The minimum Gasteiger partial charge on any atom is -0.406 e. The predicted molar refractivity (Wildman–Crippen MR) is 60.4 cm³/mol. The van der Waals surface area contributed by atoms with E-state index < -0.39 is 23.9 Å². The number of carbonyl (C=O) groups is 2. The van der Waals surface area contributed by atoms with Crippen molar-refractivity contribution in [2.75, 3.05) is 11.9 Å². The van der Waals surface area contributed by atoms with Crippen molar-refractivity contribution in [3.63, 3.8) is 0 Å². The minimum atomic E-state index is -4.80. The maximum atomic E-state index is 11.9. The Morgan fingerprint density at radius 2 is 1.80 bits per heavy atom. The van der Waals surface area contributed by atoms with Crippen LogP contribution in [-0.4, -0.2) is 24.7 Å². The van der Waals surface area contributed by atoms with Crippen molar-refractivity contribution in [2.24, 2.45) is 0 Å². The molecular weight excluding hydrogens is 279 g/mol. The third-order valence-corrected chi connectivity index (χ3v) is 1.88. The molecule has 0 radical (unpaired) electrons. The third kappa shape index (κ3) is 5.26. The van der Waals surface area contributed by atoms with Crippen molar-refractivity contribution >= 4 is 17.5 Å². The summed E-state index contributed by atoms with van der Waals surface area (Å²) >= 11 is 0. The van der Waals surface area contributed by atoms with E-state index in [1.54, 1.807) is 6.07 Å². The van der Waals surface area contributed by atoms with Gasteiger partial charge >= 0.3 is 18.2 Å². The first kappa shape index (κ1) is 15.3. The van der Waals surface area contributed by atoms with Crippen molar-refractivity contribution in [3.8, 4) is 11.8 Å². The Hall–Kier alpha value is -2.76. The van der Waals surface area contributed by atoms with Crippen LogP contribution < -0.4 is 15.4 Å². The number of anilines is 1. The van der Waals surface area contributed by atoms with Gasteiger partial charge in [-0.3, -0.25) is 9.59 Å². The lowest BCUT2D eigenvalue weighted by molar-refractivity contribution is -0.274. The maximum Gasteiger partial charge on any atom is 0.573 e. The SMILES string of the molecule is N#CCNC(=O)C(=O)Nc1ccc(OC(F)(F)F)cc1. The summed E-state index contributed by atoms with van der Waals surface area (Å²) in [5, 5.41) is 12.4. The van der Waals surface area contributed by atoms with Crippen molar-refractivity contribution in [1.29, 1.82) is 5.26 Å². The molecule has 0 saturated heterocycles. The van der Waals surface area contributed by atoms with Gasteiger partial charge in [-0.2, -0.15) is 5.26 Å². The van der Waals surface area contributed by atoms with Crippen molar-refractivity contribution in [1.82, 2.24) is 5.32 Å². The Kier molecular flexibility index (Phi) is 4.91. The van der Waals surface area contributed by atoms with E-state index in [0.717, 1.165) is 24.3 Å². The molecule has 20 heavy (non-hydrogen) atoms. The normalized spacial score (nSPS) is 10.3. The monoisotopic (exact) mass is 287 g/mol. The smallest absolute Gasteiger partial charge is 0.406 e. The lowest BCUT2D eigenvalue weighted by Gasteiger charge is -2.09. The van der Waals surface area contributed by atoms with E-state index in [4.69, 9.17) is 5.26 Å². The van der Waals surface area contributed by atoms with E-state index in [1.807, 2.05) is 5.32 Å². The van der Waals surface area contributed by atoms with Crippen LogP contribution in [-0.2, 0) is 9.59 Å². The molecule has 0 saturated carbocycles. The number of carbonyl (C=O) groups excluding carboxylic acids is 2. The molecule has 1 rings (SSSR count). The lowest BCUT2D eigenvalue weighted by Crippen LogP contribution is -2.35. The van der Waals surface area contributed by atoms with Gasteiger partial charge < -0.3 is 15.4 Å². The minimum absolute atomic E-state index is 0.108. The van der Waals surface area contributed by atoms with Crippen LogP contribution in [0.5, 0.6) is 5.75 Å². The molecule has 9 heteroatoms. The van der Waals surface area contributed by atoms with Gasteiger partial charge in [0.1, 0.15) is 12.3 Å². The van der Waals surface area contributed by atoms with E-state index in [-0.39, 0.29) is 12.2 Å². The number of ether oxygens (including phenoxy) is 1. The first-order valence-electron chi connectivity index (χ1n) is 5.14. The molecule has 0 aliphatic carbocycles. The summed E-state index contributed by atoms with van der Waals surface area (Å²) in [6.45, 7) is -0.329. The summed E-state index contributed by atoms with van der Waals surface area (Å²) in [4.78, 5) is 22.4. The van der Waals surface area contributed by atoms with Crippen LogP contribution >= 0.6 is 0 Å². The molecule has 2 amide bonds. The Bertz CT molecular complexity index is 535. The molecule has 0 spiro atoms. The number of hydrogen-bond donors (Lipinski definition) is 2. The molecule has 0 aliphatic heterocycles. The van der Waals surface area contributed by atoms with Crippen LogP contribution in [0.25, 0.3) is 0 Å². The third-order valence-electron chi connectivity index (χ3n) is 1.88. The molecule has 106 valence electrons. The summed E-state index contributed by atoms with van der Waals surface area (Å²) in [5.41, 5.74) is 0.108. The van der Waals surface area contributed by atoms with Crippen molar-refractivity contribution in [3.05, 3.63) is 24.3 Å². The van der Waals surface area contributed by atoms with Gasteiger partial charge in [0.2, 0.25) is 0 Å². The molecule has 1 aromatic rings. The zero-order chi connectivity index (χ0) is 15.2. The van der Waals surface area contributed by atoms with E-state index in [1.165, 1.54) is 0 Å². The highest BCUT2D eigenvalue weighted by molar-refractivity contribution is 6.39. The fraction of sp³-hybridized carbons (Fsp3) is 0.182. The quantitative estimate of drug-likeness (QED) is 0.644. The molecule has 0 aromatic heterocycles. The summed E-state index contributed by atoms with van der Waals surface area (Å²) in [7, 11) is 0. The number of rotatable bonds is 3. The van der Waals surface area contributed by atoms with Gasteiger partial charge in [-0.25, -0.2) is 0 Å². The van der Waals surface area contributed by atoms with Gasteiger partial charge in [0.25, 0.3) is 0 Å². The second-order valence-electron chi connectivity index (χ2n) is 3.37. The largest absolute Gasteiger partial charge is 0.573 e. The van der Waals surface area contributed by atoms with Gasteiger partial charge in [-0.05, 0) is 24.3 Å².